The van der Waals surface area contributed by atoms with Crippen molar-refractivity contribution in [2.45, 2.75) is 12.1 Å². The lowest BCUT2D eigenvalue weighted by Crippen LogP contribution is -2.36. The number of likely N-dealkylation sites (N-methyl/N-ethyl adjacent to an activating group) is 1. The summed E-state index contributed by atoms with van der Waals surface area (Å²) in [5.41, 5.74) is 6.30. The van der Waals surface area contributed by atoms with Crippen LogP contribution in [0.4, 0.5) is 0 Å². The van der Waals surface area contributed by atoms with Crippen molar-refractivity contribution in [3.05, 3.63) is 23.8 Å². The Bertz CT molecular complexity index is 258. The highest BCUT2D eigenvalue weighted by Gasteiger charge is 2.18. The van der Waals surface area contributed by atoms with Crippen LogP contribution in [0.15, 0.2) is 23.8 Å². The summed E-state index contributed by atoms with van der Waals surface area (Å²) >= 11 is 0. The molecule has 1 amide bonds. The van der Waals surface area contributed by atoms with Crippen LogP contribution in [0.25, 0.3) is 0 Å². The van der Waals surface area contributed by atoms with Crippen LogP contribution in [0, 0.1) is 0 Å². The van der Waals surface area contributed by atoms with E-state index in [1.54, 1.807) is 32.4 Å². The maximum absolute atomic E-state index is 11.2. The molecule has 0 heterocycles. The average molecular weight is 182 g/mol. The van der Waals surface area contributed by atoms with Crippen LogP contribution in [0.1, 0.15) is 0 Å². The largest absolute Gasteiger partial charge is 0.375 e. The topological polar surface area (TPSA) is 64.3 Å². The Kier molecular flexibility index (Phi) is 3.22. The van der Waals surface area contributed by atoms with Crippen LogP contribution in [0.2, 0.25) is 0 Å². The first-order valence-electron chi connectivity index (χ1n) is 4.09. The molecule has 13 heavy (non-hydrogen) atoms. The highest BCUT2D eigenvalue weighted by molar-refractivity contribution is 5.96. The number of rotatable bonds is 2. The smallest absolute Gasteiger partial charge is 0.250 e. The van der Waals surface area contributed by atoms with Crippen molar-refractivity contribution < 1.29 is 9.53 Å². The van der Waals surface area contributed by atoms with Crippen molar-refractivity contribution in [1.29, 1.82) is 0 Å². The Morgan fingerprint density at radius 1 is 1.69 bits per heavy atom. The molecule has 0 fully saturated rings. The molecule has 0 saturated carbocycles. The Morgan fingerprint density at radius 3 is 2.92 bits per heavy atom. The molecule has 0 saturated heterocycles. The monoisotopic (exact) mass is 182 g/mol. The van der Waals surface area contributed by atoms with Gasteiger partial charge in [0.1, 0.15) is 0 Å². The van der Waals surface area contributed by atoms with Crippen molar-refractivity contribution in [3.8, 4) is 0 Å². The van der Waals surface area contributed by atoms with Crippen LogP contribution >= 0.6 is 0 Å². The fourth-order valence-corrected chi connectivity index (χ4v) is 1.19. The molecule has 0 radical (unpaired) electrons. The third-order valence-corrected chi connectivity index (χ3v) is 1.98. The zero-order valence-corrected chi connectivity index (χ0v) is 7.78. The molecular weight excluding hydrogens is 168 g/mol. The van der Waals surface area contributed by atoms with Gasteiger partial charge < -0.3 is 15.8 Å². The van der Waals surface area contributed by atoms with Gasteiger partial charge in [-0.2, -0.15) is 0 Å². The number of carbonyl (C=O) groups excluding carboxylic acids is 1. The number of nitrogens with one attached hydrogen (secondary N) is 1. The SMILES string of the molecule is CNC(=O)C1=CC(OC)C(N)C=C1. The van der Waals surface area contributed by atoms with E-state index in [1.807, 2.05) is 0 Å². The zero-order valence-electron chi connectivity index (χ0n) is 7.78. The lowest BCUT2D eigenvalue weighted by Gasteiger charge is -2.20. The van der Waals surface area contributed by atoms with E-state index in [2.05, 4.69) is 5.32 Å². The second kappa shape index (κ2) is 4.20. The summed E-state index contributed by atoms with van der Waals surface area (Å²) in [6.07, 6.45) is 4.98. The maximum atomic E-state index is 11.2. The van der Waals surface area contributed by atoms with Crippen LogP contribution in [-0.4, -0.2) is 32.2 Å². The van der Waals surface area contributed by atoms with Gasteiger partial charge in [0.05, 0.1) is 12.1 Å². The number of ether oxygens (including phenoxy) is 1. The standard InChI is InChI=1S/C9H14N2O2/c1-11-9(12)6-3-4-7(10)8(5-6)13-2/h3-5,7-8H,10H2,1-2H3,(H,11,12). The van der Waals surface area contributed by atoms with Gasteiger partial charge in [-0.1, -0.05) is 12.2 Å². The normalized spacial score (nSPS) is 26.8. The first-order valence-corrected chi connectivity index (χ1v) is 4.09. The molecule has 1 aliphatic carbocycles. The highest BCUT2D eigenvalue weighted by Crippen LogP contribution is 2.12. The van der Waals surface area contributed by atoms with Gasteiger partial charge in [-0.05, 0) is 6.08 Å². The minimum absolute atomic E-state index is 0.120. The predicted molar refractivity (Wildman–Crippen MR) is 50.1 cm³/mol. The Balaban J connectivity index is 2.78. The maximum Gasteiger partial charge on any atom is 0.250 e. The van der Waals surface area contributed by atoms with Crippen molar-refractivity contribution in [3.63, 3.8) is 0 Å². The van der Waals surface area contributed by atoms with Gasteiger partial charge >= 0.3 is 0 Å². The minimum Gasteiger partial charge on any atom is -0.375 e. The summed E-state index contributed by atoms with van der Waals surface area (Å²) in [5.74, 6) is -0.120. The summed E-state index contributed by atoms with van der Waals surface area (Å²) in [6, 6.07) is -0.168. The molecule has 4 nitrogen and oxygen atoms in total. The summed E-state index contributed by atoms with van der Waals surface area (Å²) in [5, 5.41) is 2.54. The highest BCUT2D eigenvalue weighted by atomic mass is 16.5. The van der Waals surface area contributed by atoms with Crippen LogP contribution < -0.4 is 11.1 Å². The van der Waals surface area contributed by atoms with Gasteiger partial charge in [0.25, 0.3) is 5.91 Å². The van der Waals surface area contributed by atoms with E-state index in [4.69, 9.17) is 10.5 Å². The lowest BCUT2D eigenvalue weighted by molar-refractivity contribution is -0.116. The van der Waals surface area contributed by atoms with Crippen molar-refractivity contribution in [2.75, 3.05) is 14.2 Å². The van der Waals surface area contributed by atoms with Gasteiger partial charge in [0.2, 0.25) is 0 Å². The van der Waals surface area contributed by atoms with Crippen molar-refractivity contribution in [1.82, 2.24) is 5.32 Å². The van der Waals surface area contributed by atoms with E-state index in [1.165, 1.54) is 0 Å². The summed E-state index contributed by atoms with van der Waals surface area (Å²) in [7, 11) is 3.16. The molecule has 0 aromatic carbocycles. The Hall–Kier alpha value is -1.13. The second-order valence-electron chi connectivity index (χ2n) is 2.84. The molecule has 0 aromatic rings. The van der Waals surface area contributed by atoms with E-state index in [9.17, 15) is 4.79 Å². The average Bonchev–Trinajstić information content (AvgIpc) is 2.17. The van der Waals surface area contributed by atoms with Crippen molar-refractivity contribution >= 4 is 5.91 Å². The van der Waals surface area contributed by atoms with Gasteiger partial charge in [0.15, 0.2) is 0 Å². The van der Waals surface area contributed by atoms with Gasteiger partial charge in [0, 0.05) is 19.7 Å². The van der Waals surface area contributed by atoms with E-state index in [0.29, 0.717) is 5.57 Å². The predicted octanol–water partition coefficient (Wildman–Crippen LogP) is -0.429. The fraction of sp³-hybridized carbons (Fsp3) is 0.444. The first-order chi connectivity index (χ1) is 6.19. The Labute approximate surface area is 77.4 Å². The molecule has 0 aromatic heterocycles. The quantitative estimate of drug-likeness (QED) is 0.609. The molecule has 0 spiro atoms. The molecule has 72 valence electrons. The molecular formula is C9H14N2O2. The van der Waals surface area contributed by atoms with Crippen molar-refractivity contribution in [2.24, 2.45) is 5.73 Å². The number of carbonyl (C=O) groups is 1. The number of methoxy groups -OCH3 is 1. The van der Waals surface area contributed by atoms with E-state index < -0.39 is 0 Å². The molecule has 0 aliphatic heterocycles. The fourth-order valence-electron chi connectivity index (χ4n) is 1.19. The zero-order chi connectivity index (χ0) is 9.84. The molecule has 3 N–H and O–H groups in total. The van der Waals surface area contributed by atoms with Crippen LogP contribution in [0.3, 0.4) is 0 Å². The van der Waals surface area contributed by atoms with E-state index in [0.717, 1.165) is 0 Å². The van der Waals surface area contributed by atoms with Crippen LogP contribution in [0.5, 0.6) is 0 Å². The third kappa shape index (κ3) is 2.17. The van der Waals surface area contributed by atoms with E-state index in [-0.39, 0.29) is 18.1 Å². The molecule has 1 rings (SSSR count). The molecule has 1 aliphatic rings. The van der Waals surface area contributed by atoms with Crippen LogP contribution in [-0.2, 0) is 9.53 Å². The van der Waals surface area contributed by atoms with Gasteiger partial charge in [-0.25, -0.2) is 0 Å². The number of amides is 1. The molecule has 0 bridgehead atoms. The number of nitrogens with two attached hydrogens (primary N) is 1. The first kappa shape index (κ1) is 9.95. The summed E-state index contributed by atoms with van der Waals surface area (Å²) in [6.45, 7) is 0. The number of hydrogen-bond donors (Lipinski definition) is 2. The molecule has 2 unspecified atom stereocenters. The minimum atomic E-state index is -0.211. The molecule has 4 heteroatoms. The lowest BCUT2D eigenvalue weighted by atomic mass is 10.0. The molecule has 2 atom stereocenters. The summed E-state index contributed by atoms with van der Waals surface area (Å²) in [4.78, 5) is 11.2. The van der Waals surface area contributed by atoms with Gasteiger partial charge in [-0.15, -0.1) is 0 Å². The van der Waals surface area contributed by atoms with E-state index >= 15 is 0 Å². The number of hydrogen-bond acceptors (Lipinski definition) is 3. The second-order valence-corrected chi connectivity index (χ2v) is 2.84. The third-order valence-electron chi connectivity index (χ3n) is 1.98. The van der Waals surface area contributed by atoms with Gasteiger partial charge in [-0.3, -0.25) is 4.79 Å². The summed E-state index contributed by atoms with van der Waals surface area (Å²) < 4.78 is 5.10. The Morgan fingerprint density at radius 2 is 2.38 bits per heavy atom.